The highest BCUT2D eigenvalue weighted by Crippen LogP contribution is 2.20. The minimum Gasteiger partial charge on any atom is -0.481 e. The van der Waals surface area contributed by atoms with E-state index in [0.717, 1.165) is 5.56 Å². The van der Waals surface area contributed by atoms with Gasteiger partial charge in [0.2, 0.25) is 5.88 Å². The van der Waals surface area contributed by atoms with Crippen LogP contribution in [-0.4, -0.2) is 23.2 Å². The van der Waals surface area contributed by atoms with Crippen molar-refractivity contribution >= 4 is 21.9 Å². The summed E-state index contributed by atoms with van der Waals surface area (Å²) in [6.07, 6.45) is 0. The van der Waals surface area contributed by atoms with Gasteiger partial charge in [-0.3, -0.25) is 0 Å². The fourth-order valence-corrected chi connectivity index (χ4v) is 1.55. The first kappa shape index (κ1) is 11.0. The summed E-state index contributed by atoms with van der Waals surface area (Å²) >= 11 is 3.18. The van der Waals surface area contributed by atoms with Gasteiger partial charge in [-0.2, -0.15) is 0 Å². The first-order chi connectivity index (χ1) is 6.60. The van der Waals surface area contributed by atoms with Crippen LogP contribution in [0.2, 0.25) is 0 Å². The predicted molar refractivity (Wildman–Crippen MR) is 55.1 cm³/mol. The van der Waals surface area contributed by atoms with Crippen molar-refractivity contribution < 1.29 is 14.6 Å². The maximum Gasteiger partial charge on any atom is 0.337 e. The minimum atomic E-state index is -0.974. The molecule has 0 atom stereocenters. The topological polar surface area (TPSA) is 59.4 Å². The minimum absolute atomic E-state index is 0.208. The van der Waals surface area contributed by atoms with Crippen LogP contribution in [0.5, 0.6) is 5.88 Å². The third kappa shape index (κ3) is 2.04. The van der Waals surface area contributed by atoms with Crippen LogP contribution in [0.4, 0.5) is 0 Å². The molecule has 1 N–H and O–H groups in total. The molecule has 0 saturated heterocycles. The summed E-state index contributed by atoms with van der Waals surface area (Å²) in [6.45, 7) is 1.76. The average molecular weight is 260 g/mol. The molecule has 5 heteroatoms. The number of aryl methyl sites for hydroxylation is 1. The number of hydrogen-bond acceptors (Lipinski definition) is 3. The Morgan fingerprint density at radius 1 is 1.71 bits per heavy atom. The Labute approximate surface area is 90.0 Å². The average Bonchev–Trinajstić information content (AvgIpc) is 2.17. The molecule has 0 unspecified atom stereocenters. The Morgan fingerprint density at radius 2 is 2.36 bits per heavy atom. The van der Waals surface area contributed by atoms with Gasteiger partial charge in [-0.15, -0.1) is 0 Å². The first-order valence-corrected chi connectivity index (χ1v) is 5.06. The molecule has 0 radical (unpaired) electrons. The monoisotopic (exact) mass is 259 g/mol. The Morgan fingerprint density at radius 3 is 2.79 bits per heavy atom. The van der Waals surface area contributed by atoms with Crippen LogP contribution in [0, 0.1) is 6.92 Å². The van der Waals surface area contributed by atoms with Gasteiger partial charge in [0.15, 0.2) is 0 Å². The zero-order valence-corrected chi connectivity index (χ0v) is 9.46. The van der Waals surface area contributed by atoms with Crippen molar-refractivity contribution in [3.05, 3.63) is 22.9 Å². The molecular weight excluding hydrogens is 250 g/mol. The SMILES string of the molecule is COc1nc(CBr)c(C(=O)O)cc1C. The van der Waals surface area contributed by atoms with Crippen LogP contribution in [0.25, 0.3) is 0 Å². The molecule has 1 aromatic rings. The highest BCUT2D eigenvalue weighted by molar-refractivity contribution is 9.08. The van der Waals surface area contributed by atoms with Crippen LogP contribution >= 0.6 is 15.9 Å². The lowest BCUT2D eigenvalue weighted by Crippen LogP contribution is -2.06. The first-order valence-electron chi connectivity index (χ1n) is 3.94. The third-order valence-electron chi connectivity index (χ3n) is 1.80. The van der Waals surface area contributed by atoms with Crippen molar-refractivity contribution in [2.75, 3.05) is 7.11 Å². The van der Waals surface area contributed by atoms with Gasteiger partial charge in [0.25, 0.3) is 0 Å². The van der Waals surface area contributed by atoms with E-state index in [2.05, 4.69) is 20.9 Å². The van der Waals surface area contributed by atoms with Crippen LogP contribution in [-0.2, 0) is 5.33 Å². The second kappa shape index (κ2) is 4.41. The second-order valence-electron chi connectivity index (χ2n) is 2.75. The zero-order chi connectivity index (χ0) is 10.7. The number of carboxylic acids is 1. The molecule has 1 rings (SSSR count). The Bertz CT molecular complexity index is 365. The number of methoxy groups -OCH3 is 1. The molecule has 0 saturated carbocycles. The van der Waals surface area contributed by atoms with Crippen molar-refractivity contribution in [1.82, 2.24) is 4.98 Å². The van der Waals surface area contributed by atoms with Crippen molar-refractivity contribution in [3.8, 4) is 5.88 Å². The number of rotatable bonds is 3. The van der Waals surface area contributed by atoms with Gasteiger partial charge in [-0.05, 0) is 13.0 Å². The quantitative estimate of drug-likeness (QED) is 0.844. The van der Waals surface area contributed by atoms with Gasteiger partial charge >= 0.3 is 5.97 Å². The van der Waals surface area contributed by atoms with E-state index < -0.39 is 5.97 Å². The summed E-state index contributed by atoms with van der Waals surface area (Å²) in [5.41, 5.74) is 1.40. The van der Waals surface area contributed by atoms with E-state index in [-0.39, 0.29) is 5.56 Å². The van der Waals surface area contributed by atoms with Gasteiger partial charge in [0, 0.05) is 10.9 Å². The molecule has 1 heterocycles. The van der Waals surface area contributed by atoms with Crippen LogP contribution < -0.4 is 4.74 Å². The van der Waals surface area contributed by atoms with Crippen LogP contribution in [0.1, 0.15) is 21.6 Å². The molecular formula is C9H10BrNO3. The van der Waals surface area contributed by atoms with E-state index in [0.29, 0.717) is 16.9 Å². The third-order valence-corrected chi connectivity index (χ3v) is 2.33. The molecule has 0 aliphatic heterocycles. The number of halogens is 1. The fraction of sp³-hybridized carbons (Fsp3) is 0.333. The van der Waals surface area contributed by atoms with E-state index in [9.17, 15) is 4.79 Å². The number of aromatic nitrogens is 1. The van der Waals surface area contributed by atoms with E-state index >= 15 is 0 Å². The summed E-state index contributed by atoms with van der Waals surface area (Å²) in [6, 6.07) is 1.56. The summed E-state index contributed by atoms with van der Waals surface area (Å²) in [4.78, 5) is 14.9. The lowest BCUT2D eigenvalue weighted by Gasteiger charge is -2.07. The fourth-order valence-electron chi connectivity index (χ4n) is 1.13. The molecule has 14 heavy (non-hydrogen) atoms. The highest BCUT2D eigenvalue weighted by Gasteiger charge is 2.14. The van der Waals surface area contributed by atoms with Gasteiger partial charge in [-0.25, -0.2) is 9.78 Å². The zero-order valence-electron chi connectivity index (χ0n) is 7.87. The van der Waals surface area contributed by atoms with E-state index in [4.69, 9.17) is 9.84 Å². The van der Waals surface area contributed by atoms with E-state index in [1.165, 1.54) is 7.11 Å². The van der Waals surface area contributed by atoms with Crippen molar-refractivity contribution in [2.24, 2.45) is 0 Å². The lowest BCUT2D eigenvalue weighted by atomic mass is 10.1. The van der Waals surface area contributed by atoms with Gasteiger partial charge < -0.3 is 9.84 Å². The maximum absolute atomic E-state index is 10.8. The summed E-state index contributed by atoms with van der Waals surface area (Å²) in [5, 5.41) is 9.28. The van der Waals surface area contributed by atoms with Crippen molar-refractivity contribution in [2.45, 2.75) is 12.3 Å². The Kier molecular flexibility index (Phi) is 3.46. The molecule has 76 valence electrons. The summed E-state index contributed by atoms with van der Waals surface area (Å²) < 4.78 is 5.00. The van der Waals surface area contributed by atoms with Gasteiger partial charge in [0.05, 0.1) is 18.4 Å². The molecule has 1 aromatic heterocycles. The second-order valence-corrected chi connectivity index (χ2v) is 3.31. The number of carbonyl (C=O) groups is 1. The number of alkyl halides is 1. The number of pyridine rings is 1. The largest absolute Gasteiger partial charge is 0.481 e. The molecule has 0 spiro atoms. The molecule has 0 fully saturated rings. The molecule has 0 bridgehead atoms. The van der Waals surface area contributed by atoms with E-state index in [1.54, 1.807) is 13.0 Å². The molecule has 4 nitrogen and oxygen atoms in total. The Balaban J connectivity index is 3.31. The smallest absolute Gasteiger partial charge is 0.337 e. The number of nitrogens with zero attached hydrogens (tertiary/aromatic N) is 1. The van der Waals surface area contributed by atoms with Crippen molar-refractivity contribution in [1.29, 1.82) is 0 Å². The maximum atomic E-state index is 10.8. The Hall–Kier alpha value is -1.10. The van der Waals surface area contributed by atoms with Crippen LogP contribution in [0.15, 0.2) is 6.07 Å². The predicted octanol–water partition coefficient (Wildman–Crippen LogP) is 1.99. The molecule has 0 aliphatic rings. The number of carboxylic acid groups (broad SMARTS) is 1. The number of aromatic carboxylic acids is 1. The normalized spacial score (nSPS) is 9.93. The van der Waals surface area contributed by atoms with E-state index in [1.807, 2.05) is 0 Å². The molecule has 0 aliphatic carbocycles. The summed E-state index contributed by atoms with van der Waals surface area (Å²) in [7, 11) is 1.51. The number of ether oxygens (including phenoxy) is 1. The number of hydrogen-bond donors (Lipinski definition) is 1. The van der Waals surface area contributed by atoms with Gasteiger partial charge in [0.1, 0.15) is 0 Å². The molecule has 0 aromatic carbocycles. The lowest BCUT2D eigenvalue weighted by molar-refractivity contribution is 0.0695. The van der Waals surface area contributed by atoms with Crippen LogP contribution in [0.3, 0.4) is 0 Å². The van der Waals surface area contributed by atoms with Gasteiger partial charge in [-0.1, -0.05) is 15.9 Å². The molecule has 0 amide bonds. The highest BCUT2D eigenvalue weighted by atomic mass is 79.9. The summed E-state index contributed by atoms with van der Waals surface area (Å²) in [5.74, 6) is -0.512. The van der Waals surface area contributed by atoms with Crippen molar-refractivity contribution in [3.63, 3.8) is 0 Å². The standard InChI is InChI=1S/C9H10BrNO3/c1-5-3-6(9(12)13)7(4-10)11-8(5)14-2/h3H,4H2,1-2H3,(H,12,13).